The van der Waals surface area contributed by atoms with Crippen LogP contribution < -0.4 is 4.90 Å². The van der Waals surface area contributed by atoms with Gasteiger partial charge in [0.25, 0.3) is 5.91 Å². The minimum Gasteiger partial charge on any atom is -0.416 e. The Morgan fingerprint density at radius 2 is 1.55 bits per heavy atom. The molecular weight excluding hydrogens is 362 g/mol. The van der Waals surface area contributed by atoms with Crippen molar-refractivity contribution in [3.05, 3.63) is 90.0 Å². The van der Waals surface area contributed by atoms with E-state index in [1.54, 1.807) is 17.0 Å². The minimum atomic E-state index is -0.0452. The Bertz CT molecular complexity index is 1120. The summed E-state index contributed by atoms with van der Waals surface area (Å²) in [5.41, 5.74) is 4.28. The highest BCUT2D eigenvalue weighted by Gasteiger charge is 2.17. The number of carbonyl (C=O) groups excluding carboxylic acids is 1. The molecule has 5 heteroatoms. The molecule has 0 N–H and O–H groups in total. The minimum absolute atomic E-state index is 0.0452. The monoisotopic (exact) mass is 383 g/mol. The summed E-state index contributed by atoms with van der Waals surface area (Å²) in [7, 11) is 0. The van der Waals surface area contributed by atoms with E-state index in [1.807, 2.05) is 80.6 Å². The van der Waals surface area contributed by atoms with Crippen molar-refractivity contribution in [1.29, 1.82) is 0 Å². The number of anilines is 1. The third-order valence-electron chi connectivity index (χ3n) is 4.70. The number of carbonyl (C=O) groups is 1. The largest absolute Gasteiger partial charge is 0.416 e. The number of benzene rings is 3. The lowest BCUT2D eigenvalue weighted by Crippen LogP contribution is -2.30. The van der Waals surface area contributed by atoms with Gasteiger partial charge in [-0.15, -0.1) is 10.2 Å². The number of para-hydroxylation sites is 1. The molecule has 144 valence electrons. The highest BCUT2D eigenvalue weighted by Crippen LogP contribution is 2.25. The quantitative estimate of drug-likeness (QED) is 0.464. The zero-order valence-corrected chi connectivity index (χ0v) is 16.4. The molecule has 4 aromatic rings. The molecular formula is C24H21N3O2. The molecule has 0 fully saturated rings. The van der Waals surface area contributed by atoms with Gasteiger partial charge in [-0.25, -0.2) is 0 Å². The number of amides is 1. The van der Waals surface area contributed by atoms with Gasteiger partial charge in [-0.1, -0.05) is 35.9 Å². The molecule has 0 bridgehead atoms. The molecule has 0 radical (unpaired) electrons. The van der Waals surface area contributed by atoms with Crippen LogP contribution in [0.2, 0.25) is 0 Å². The first kappa shape index (κ1) is 18.6. The van der Waals surface area contributed by atoms with Crippen LogP contribution in [-0.4, -0.2) is 22.6 Å². The number of nitrogens with zero attached hydrogens (tertiary/aromatic N) is 3. The van der Waals surface area contributed by atoms with Gasteiger partial charge in [-0.05, 0) is 62.4 Å². The lowest BCUT2D eigenvalue weighted by molar-refractivity contribution is 0.0988. The highest BCUT2D eigenvalue weighted by atomic mass is 16.4. The lowest BCUT2D eigenvalue weighted by Gasteiger charge is -2.21. The third kappa shape index (κ3) is 3.94. The first-order valence-electron chi connectivity index (χ1n) is 9.53. The summed E-state index contributed by atoms with van der Waals surface area (Å²) in [6.45, 7) is 4.57. The van der Waals surface area contributed by atoms with Gasteiger partial charge < -0.3 is 9.32 Å². The summed E-state index contributed by atoms with van der Waals surface area (Å²) in [4.78, 5) is 14.7. The predicted octanol–water partition coefficient (Wildman–Crippen LogP) is 5.38. The van der Waals surface area contributed by atoms with Crippen LogP contribution in [0.1, 0.15) is 22.8 Å². The van der Waals surface area contributed by atoms with E-state index in [1.165, 1.54) is 0 Å². The van der Waals surface area contributed by atoms with Crippen molar-refractivity contribution in [2.24, 2.45) is 0 Å². The zero-order chi connectivity index (χ0) is 20.2. The van der Waals surface area contributed by atoms with Gasteiger partial charge in [0, 0.05) is 28.9 Å². The molecule has 1 aromatic heterocycles. The third-order valence-corrected chi connectivity index (χ3v) is 4.70. The number of aromatic nitrogens is 2. The Hall–Kier alpha value is -3.73. The van der Waals surface area contributed by atoms with Crippen LogP contribution in [0.3, 0.4) is 0 Å². The Labute approximate surface area is 169 Å². The first-order valence-corrected chi connectivity index (χ1v) is 9.53. The predicted molar refractivity (Wildman–Crippen MR) is 114 cm³/mol. The molecule has 0 aliphatic heterocycles. The maximum absolute atomic E-state index is 12.9. The van der Waals surface area contributed by atoms with Crippen LogP contribution in [-0.2, 0) is 0 Å². The smallest absolute Gasteiger partial charge is 0.258 e. The molecule has 0 spiro atoms. The zero-order valence-electron chi connectivity index (χ0n) is 16.4. The fourth-order valence-corrected chi connectivity index (χ4v) is 3.20. The van der Waals surface area contributed by atoms with E-state index < -0.39 is 0 Å². The summed E-state index contributed by atoms with van der Waals surface area (Å²) in [5.74, 6) is 0.859. The maximum atomic E-state index is 12.9. The maximum Gasteiger partial charge on any atom is 0.258 e. The number of rotatable bonds is 5. The summed E-state index contributed by atoms with van der Waals surface area (Å²) in [5, 5.41) is 8.30. The molecule has 0 aliphatic carbocycles. The van der Waals surface area contributed by atoms with Crippen molar-refractivity contribution in [2.45, 2.75) is 13.8 Å². The summed E-state index contributed by atoms with van der Waals surface area (Å²) in [6.07, 6.45) is 0. The van der Waals surface area contributed by atoms with Crippen molar-refractivity contribution >= 4 is 11.6 Å². The molecule has 4 rings (SSSR count). The Morgan fingerprint density at radius 3 is 2.21 bits per heavy atom. The molecule has 0 aliphatic rings. The van der Waals surface area contributed by atoms with Gasteiger partial charge in [0.15, 0.2) is 0 Å². The number of hydrogen-bond acceptors (Lipinski definition) is 4. The SMILES string of the molecule is CCN(C(=O)c1ccc(-c2nnc(-c3cccc(C)c3)o2)cc1)c1ccccc1. The van der Waals surface area contributed by atoms with Gasteiger partial charge in [-0.3, -0.25) is 4.79 Å². The van der Waals surface area contributed by atoms with Crippen molar-refractivity contribution in [1.82, 2.24) is 10.2 Å². The van der Waals surface area contributed by atoms with Gasteiger partial charge in [0.05, 0.1) is 0 Å². The van der Waals surface area contributed by atoms with E-state index in [0.29, 0.717) is 23.9 Å². The molecule has 0 saturated carbocycles. The highest BCUT2D eigenvalue weighted by molar-refractivity contribution is 6.06. The van der Waals surface area contributed by atoms with Gasteiger partial charge in [0.2, 0.25) is 11.8 Å². The van der Waals surface area contributed by atoms with Crippen molar-refractivity contribution in [2.75, 3.05) is 11.4 Å². The van der Waals surface area contributed by atoms with Gasteiger partial charge in [-0.2, -0.15) is 0 Å². The fraction of sp³-hybridized carbons (Fsp3) is 0.125. The topological polar surface area (TPSA) is 59.2 Å². The molecule has 1 amide bonds. The van der Waals surface area contributed by atoms with Crippen LogP contribution in [0, 0.1) is 6.92 Å². The van der Waals surface area contributed by atoms with E-state index in [0.717, 1.165) is 22.4 Å². The molecule has 3 aromatic carbocycles. The van der Waals surface area contributed by atoms with Crippen LogP contribution in [0.4, 0.5) is 5.69 Å². The summed E-state index contributed by atoms with van der Waals surface area (Å²) < 4.78 is 5.83. The Morgan fingerprint density at radius 1 is 0.862 bits per heavy atom. The molecule has 5 nitrogen and oxygen atoms in total. The molecule has 1 heterocycles. The van der Waals surface area contributed by atoms with Crippen LogP contribution in [0.25, 0.3) is 22.9 Å². The van der Waals surface area contributed by atoms with Crippen LogP contribution >= 0.6 is 0 Å². The van der Waals surface area contributed by atoms with Crippen LogP contribution in [0.5, 0.6) is 0 Å². The second kappa shape index (κ2) is 8.10. The first-order chi connectivity index (χ1) is 14.2. The lowest BCUT2D eigenvalue weighted by atomic mass is 10.1. The second-order valence-corrected chi connectivity index (χ2v) is 6.74. The van der Waals surface area contributed by atoms with E-state index in [4.69, 9.17) is 4.42 Å². The second-order valence-electron chi connectivity index (χ2n) is 6.74. The van der Waals surface area contributed by atoms with Crippen molar-refractivity contribution in [3.8, 4) is 22.9 Å². The fourth-order valence-electron chi connectivity index (χ4n) is 3.20. The molecule has 0 saturated heterocycles. The van der Waals surface area contributed by atoms with E-state index in [-0.39, 0.29) is 5.91 Å². The number of aryl methyl sites for hydroxylation is 1. The summed E-state index contributed by atoms with van der Waals surface area (Å²) in [6, 6.07) is 24.8. The summed E-state index contributed by atoms with van der Waals surface area (Å²) >= 11 is 0. The van der Waals surface area contributed by atoms with Crippen molar-refractivity contribution < 1.29 is 9.21 Å². The Kier molecular flexibility index (Phi) is 5.20. The Balaban J connectivity index is 1.56. The van der Waals surface area contributed by atoms with E-state index >= 15 is 0 Å². The van der Waals surface area contributed by atoms with E-state index in [2.05, 4.69) is 10.2 Å². The molecule has 29 heavy (non-hydrogen) atoms. The van der Waals surface area contributed by atoms with Gasteiger partial charge >= 0.3 is 0 Å². The van der Waals surface area contributed by atoms with Crippen molar-refractivity contribution in [3.63, 3.8) is 0 Å². The average Bonchev–Trinajstić information content (AvgIpc) is 3.25. The normalized spacial score (nSPS) is 10.7. The van der Waals surface area contributed by atoms with E-state index in [9.17, 15) is 4.79 Å². The average molecular weight is 383 g/mol. The molecule has 0 atom stereocenters. The standard InChI is InChI=1S/C24H21N3O2/c1-3-27(21-10-5-4-6-11-21)24(28)19-14-12-18(13-15-19)22-25-26-23(29-22)20-9-7-8-17(2)16-20/h4-16H,3H2,1-2H3. The van der Waals surface area contributed by atoms with Gasteiger partial charge in [0.1, 0.15) is 0 Å². The molecule has 0 unspecified atom stereocenters. The number of hydrogen-bond donors (Lipinski definition) is 0. The van der Waals surface area contributed by atoms with Crippen LogP contribution in [0.15, 0.2) is 83.3 Å².